The summed E-state index contributed by atoms with van der Waals surface area (Å²) in [5, 5.41) is 0.501. The number of amides is 1. The molecule has 27 heavy (non-hydrogen) atoms. The third kappa shape index (κ3) is 4.49. The lowest BCUT2D eigenvalue weighted by atomic mass is 10.2. The SMILES string of the molecule is CN(C(=O)c1cccnc1SCc1ccc(F)cc1)c1ccc(F)c(F)c1. The molecule has 0 unspecified atom stereocenters. The zero-order valence-electron chi connectivity index (χ0n) is 14.3. The lowest BCUT2D eigenvalue weighted by Gasteiger charge is -2.19. The van der Waals surface area contributed by atoms with Gasteiger partial charge in [0.25, 0.3) is 5.91 Å². The lowest BCUT2D eigenvalue weighted by Crippen LogP contribution is -2.27. The highest BCUT2D eigenvalue weighted by Gasteiger charge is 2.19. The van der Waals surface area contributed by atoms with Gasteiger partial charge < -0.3 is 4.90 Å². The van der Waals surface area contributed by atoms with Crippen LogP contribution in [0.15, 0.2) is 65.8 Å². The molecule has 3 aromatic rings. The number of halogens is 3. The molecule has 0 spiro atoms. The normalized spacial score (nSPS) is 10.7. The van der Waals surface area contributed by atoms with E-state index in [1.807, 2.05) is 0 Å². The summed E-state index contributed by atoms with van der Waals surface area (Å²) in [7, 11) is 1.48. The Bertz CT molecular complexity index is 964. The van der Waals surface area contributed by atoms with Crippen molar-refractivity contribution in [2.24, 2.45) is 0 Å². The number of nitrogens with zero attached hydrogens (tertiary/aromatic N) is 2. The minimum Gasteiger partial charge on any atom is -0.311 e. The number of pyridine rings is 1. The summed E-state index contributed by atoms with van der Waals surface area (Å²) in [6.45, 7) is 0. The van der Waals surface area contributed by atoms with E-state index in [0.717, 1.165) is 17.7 Å². The molecule has 0 saturated carbocycles. The van der Waals surface area contributed by atoms with Crippen molar-refractivity contribution in [3.8, 4) is 0 Å². The van der Waals surface area contributed by atoms with Crippen LogP contribution in [0.25, 0.3) is 0 Å². The van der Waals surface area contributed by atoms with Crippen molar-refractivity contribution in [2.45, 2.75) is 10.8 Å². The molecule has 0 aliphatic heterocycles. The highest BCUT2D eigenvalue weighted by molar-refractivity contribution is 7.98. The van der Waals surface area contributed by atoms with Crippen molar-refractivity contribution >= 4 is 23.4 Å². The van der Waals surface area contributed by atoms with Crippen molar-refractivity contribution in [3.63, 3.8) is 0 Å². The van der Waals surface area contributed by atoms with Crippen LogP contribution >= 0.6 is 11.8 Å². The van der Waals surface area contributed by atoms with Crippen molar-refractivity contribution in [3.05, 3.63) is 89.4 Å². The van der Waals surface area contributed by atoms with Crippen molar-refractivity contribution in [1.29, 1.82) is 0 Å². The van der Waals surface area contributed by atoms with Crippen LogP contribution in [0.2, 0.25) is 0 Å². The van der Waals surface area contributed by atoms with Crippen LogP contribution in [-0.4, -0.2) is 17.9 Å². The fourth-order valence-electron chi connectivity index (χ4n) is 2.39. The molecule has 0 saturated heterocycles. The Morgan fingerprint density at radius 3 is 2.48 bits per heavy atom. The predicted octanol–water partition coefficient (Wildman–Crippen LogP) is 5.07. The first-order valence-electron chi connectivity index (χ1n) is 8.01. The maximum Gasteiger partial charge on any atom is 0.260 e. The molecule has 7 heteroatoms. The predicted molar refractivity (Wildman–Crippen MR) is 99.3 cm³/mol. The molecule has 0 fully saturated rings. The summed E-state index contributed by atoms with van der Waals surface area (Å²) in [5.74, 6) is -2.20. The molecule has 0 atom stereocenters. The third-order valence-electron chi connectivity index (χ3n) is 3.89. The molecular weight excluding hydrogens is 373 g/mol. The fraction of sp³-hybridized carbons (Fsp3) is 0.100. The lowest BCUT2D eigenvalue weighted by molar-refractivity contribution is 0.0989. The van der Waals surface area contributed by atoms with Crippen molar-refractivity contribution in [1.82, 2.24) is 4.98 Å². The number of thioether (sulfide) groups is 1. The van der Waals surface area contributed by atoms with Crippen molar-refractivity contribution < 1.29 is 18.0 Å². The number of benzene rings is 2. The van der Waals surface area contributed by atoms with Gasteiger partial charge in [-0.15, -0.1) is 11.8 Å². The Hall–Kier alpha value is -2.80. The first-order chi connectivity index (χ1) is 13.0. The van der Waals surface area contributed by atoms with Gasteiger partial charge in [-0.3, -0.25) is 4.79 Å². The molecular formula is C20H15F3N2OS. The minimum absolute atomic E-state index is 0.234. The smallest absolute Gasteiger partial charge is 0.260 e. The highest BCUT2D eigenvalue weighted by atomic mass is 32.2. The van der Waals surface area contributed by atoms with Gasteiger partial charge in [0.2, 0.25) is 0 Å². The van der Waals surface area contributed by atoms with Gasteiger partial charge >= 0.3 is 0 Å². The number of carbonyl (C=O) groups is 1. The Balaban J connectivity index is 1.80. The van der Waals surface area contributed by atoms with Gasteiger partial charge in [-0.2, -0.15) is 0 Å². The molecule has 3 rings (SSSR count). The number of anilines is 1. The largest absolute Gasteiger partial charge is 0.311 e. The van der Waals surface area contributed by atoms with E-state index >= 15 is 0 Å². The molecule has 1 aromatic heterocycles. The Morgan fingerprint density at radius 2 is 1.78 bits per heavy atom. The summed E-state index contributed by atoms with van der Waals surface area (Å²) < 4.78 is 39.6. The van der Waals surface area contributed by atoms with E-state index in [1.165, 1.54) is 41.9 Å². The summed E-state index contributed by atoms with van der Waals surface area (Å²) in [6, 6.07) is 12.6. The van der Waals surface area contributed by atoms with Gasteiger partial charge in [0.1, 0.15) is 10.8 Å². The second-order valence-corrected chi connectivity index (χ2v) is 6.70. The van der Waals surface area contributed by atoms with E-state index in [1.54, 1.807) is 30.5 Å². The zero-order valence-corrected chi connectivity index (χ0v) is 15.1. The molecule has 1 amide bonds. The summed E-state index contributed by atoms with van der Waals surface area (Å²) in [6.07, 6.45) is 1.57. The van der Waals surface area contributed by atoms with Gasteiger partial charge in [0, 0.05) is 30.8 Å². The molecule has 0 aliphatic rings. The third-order valence-corrected chi connectivity index (χ3v) is 4.96. The Kier molecular flexibility index (Phi) is 5.81. The summed E-state index contributed by atoms with van der Waals surface area (Å²) in [4.78, 5) is 18.3. The molecule has 3 nitrogen and oxygen atoms in total. The van der Waals surface area contributed by atoms with Crippen LogP contribution in [-0.2, 0) is 5.75 Å². The molecule has 1 heterocycles. The van der Waals surface area contributed by atoms with Gasteiger partial charge in [-0.05, 0) is 42.0 Å². The monoisotopic (exact) mass is 388 g/mol. The first kappa shape index (κ1) is 19.0. The fourth-order valence-corrected chi connectivity index (χ4v) is 3.33. The van der Waals surface area contributed by atoms with E-state index in [0.29, 0.717) is 16.3 Å². The average molecular weight is 388 g/mol. The zero-order chi connectivity index (χ0) is 19.4. The van der Waals surface area contributed by atoms with Crippen LogP contribution in [0.1, 0.15) is 15.9 Å². The Labute approximate surface area is 158 Å². The standard InChI is InChI=1S/C20H15F3N2OS/c1-25(15-8-9-17(22)18(23)11-15)20(26)16-3-2-10-24-19(16)27-12-13-4-6-14(21)7-5-13/h2-11H,12H2,1H3. The number of rotatable bonds is 5. The highest BCUT2D eigenvalue weighted by Crippen LogP contribution is 2.27. The molecule has 138 valence electrons. The quantitative estimate of drug-likeness (QED) is 0.573. The van der Waals surface area contributed by atoms with Gasteiger partial charge in [-0.25, -0.2) is 18.2 Å². The maximum absolute atomic E-state index is 13.5. The second kappa shape index (κ2) is 8.26. The van der Waals surface area contributed by atoms with Gasteiger partial charge in [0.15, 0.2) is 11.6 Å². The number of aromatic nitrogens is 1. The van der Waals surface area contributed by atoms with E-state index in [-0.39, 0.29) is 11.5 Å². The number of hydrogen-bond acceptors (Lipinski definition) is 3. The van der Waals surface area contributed by atoms with Crippen LogP contribution in [0.4, 0.5) is 18.9 Å². The molecule has 0 aliphatic carbocycles. The number of hydrogen-bond donors (Lipinski definition) is 0. The van der Waals surface area contributed by atoms with Crippen molar-refractivity contribution in [2.75, 3.05) is 11.9 Å². The minimum atomic E-state index is -1.02. The van der Waals surface area contributed by atoms with E-state index in [4.69, 9.17) is 0 Å². The first-order valence-corrected chi connectivity index (χ1v) is 8.99. The molecule has 2 aromatic carbocycles. The van der Waals surface area contributed by atoms with E-state index in [9.17, 15) is 18.0 Å². The van der Waals surface area contributed by atoms with Gasteiger partial charge in [-0.1, -0.05) is 12.1 Å². The van der Waals surface area contributed by atoms with E-state index in [2.05, 4.69) is 4.98 Å². The summed E-state index contributed by atoms with van der Waals surface area (Å²) >= 11 is 1.34. The molecule has 0 radical (unpaired) electrons. The van der Waals surface area contributed by atoms with Crippen LogP contribution < -0.4 is 4.90 Å². The number of carbonyl (C=O) groups excluding carboxylic acids is 1. The van der Waals surface area contributed by atoms with Crippen LogP contribution in [0, 0.1) is 17.5 Å². The molecule has 0 N–H and O–H groups in total. The van der Waals surface area contributed by atoms with Gasteiger partial charge in [0.05, 0.1) is 5.56 Å². The van der Waals surface area contributed by atoms with Crippen LogP contribution in [0.5, 0.6) is 0 Å². The maximum atomic E-state index is 13.5. The average Bonchev–Trinajstić information content (AvgIpc) is 2.69. The second-order valence-electron chi connectivity index (χ2n) is 5.73. The van der Waals surface area contributed by atoms with Crippen LogP contribution in [0.3, 0.4) is 0 Å². The topological polar surface area (TPSA) is 33.2 Å². The Morgan fingerprint density at radius 1 is 1.04 bits per heavy atom. The van der Waals surface area contributed by atoms with E-state index < -0.39 is 17.5 Å². The molecule has 0 bridgehead atoms. The summed E-state index contributed by atoms with van der Waals surface area (Å²) in [5.41, 5.74) is 1.47.